The van der Waals surface area contributed by atoms with Gasteiger partial charge in [-0.3, -0.25) is 9.59 Å². The molecule has 4 nitrogen and oxygen atoms in total. The van der Waals surface area contributed by atoms with Crippen LogP contribution in [0.3, 0.4) is 0 Å². The molecule has 0 spiro atoms. The second-order valence-electron chi connectivity index (χ2n) is 7.10. The molecule has 1 N–H and O–H groups in total. The van der Waals surface area contributed by atoms with E-state index in [1.165, 1.54) is 6.08 Å². The van der Waals surface area contributed by atoms with Crippen LogP contribution < -0.4 is 4.74 Å². The molecule has 2 aliphatic carbocycles. The van der Waals surface area contributed by atoms with E-state index in [2.05, 4.69) is 6.58 Å². The number of para-hydroxylation sites is 1. The van der Waals surface area contributed by atoms with E-state index >= 15 is 0 Å². The highest BCUT2D eigenvalue weighted by Gasteiger charge is 2.55. The molecule has 4 heteroatoms. The summed E-state index contributed by atoms with van der Waals surface area (Å²) in [7, 11) is 0. The van der Waals surface area contributed by atoms with E-state index in [0.29, 0.717) is 29.9 Å². The molecule has 0 aromatic heterocycles. The minimum absolute atomic E-state index is 0.0152. The molecule has 0 saturated carbocycles. The topological polar surface area (TPSA) is 63.6 Å². The van der Waals surface area contributed by atoms with Gasteiger partial charge in [-0.15, -0.1) is 0 Å². The van der Waals surface area contributed by atoms with Gasteiger partial charge in [-0.25, -0.2) is 0 Å². The van der Waals surface area contributed by atoms with E-state index in [1.807, 2.05) is 19.9 Å². The lowest BCUT2D eigenvalue weighted by Gasteiger charge is -2.47. The van der Waals surface area contributed by atoms with Gasteiger partial charge in [0.15, 0.2) is 23.1 Å². The zero-order valence-electron chi connectivity index (χ0n) is 15.4. The summed E-state index contributed by atoms with van der Waals surface area (Å²) in [6.45, 7) is 9.67. The minimum atomic E-state index is -0.962. The van der Waals surface area contributed by atoms with E-state index < -0.39 is 17.3 Å². The van der Waals surface area contributed by atoms with E-state index in [-0.39, 0.29) is 17.3 Å². The summed E-state index contributed by atoms with van der Waals surface area (Å²) in [5.41, 5.74) is 0.939. The summed E-state index contributed by atoms with van der Waals surface area (Å²) in [6.07, 6.45) is 5.62. The van der Waals surface area contributed by atoms with Crippen LogP contribution in [0.2, 0.25) is 0 Å². The van der Waals surface area contributed by atoms with E-state index in [9.17, 15) is 14.7 Å². The fourth-order valence-electron chi connectivity index (χ4n) is 4.42. The van der Waals surface area contributed by atoms with Crippen LogP contribution in [-0.4, -0.2) is 23.3 Å². The first-order valence-electron chi connectivity index (χ1n) is 8.90. The summed E-state index contributed by atoms with van der Waals surface area (Å²) < 4.78 is 5.52. The lowest BCUT2D eigenvalue weighted by molar-refractivity contribution is -0.137. The molecule has 3 rings (SSSR count). The lowest BCUT2D eigenvalue weighted by atomic mass is 9.53. The SMILES string of the molecule is C=CC1=CC[C@H]2C(=O)C=C(C)C(=O)[C@@]2(C)[C@H]1c1cccc(OCC)c1O. The molecule has 0 heterocycles. The predicted octanol–water partition coefficient (Wildman–Crippen LogP) is 4.11. The summed E-state index contributed by atoms with van der Waals surface area (Å²) in [5, 5.41) is 10.8. The second-order valence-corrected chi connectivity index (χ2v) is 7.10. The molecule has 0 amide bonds. The van der Waals surface area contributed by atoms with Crippen molar-refractivity contribution in [2.24, 2.45) is 11.3 Å². The minimum Gasteiger partial charge on any atom is -0.504 e. The molecule has 0 unspecified atom stereocenters. The number of Topliss-reactive ketones (excluding diaryl/α,β-unsaturated/α-hetero) is 1. The number of hydrogen-bond acceptors (Lipinski definition) is 4. The van der Waals surface area contributed by atoms with Crippen LogP contribution in [0.15, 0.2) is 54.2 Å². The van der Waals surface area contributed by atoms with Gasteiger partial charge in [0.1, 0.15) is 0 Å². The van der Waals surface area contributed by atoms with Crippen LogP contribution in [0, 0.1) is 11.3 Å². The molecule has 0 saturated heterocycles. The van der Waals surface area contributed by atoms with Crippen LogP contribution in [0.1, 0.15) is 38.7 Å². The van der Waals surface area contributed by atoms with Crippen LogP contribution in [0.5, 0.6) is 11.5 Å². The number of aromatic hydroxyl groups is 1. The Morgan fingerprint density at radius 1 is 1.38 bits per heavy atom. The maximum Gasteiger partial charge on any atom is 0.166 e. The molecule has 3 atom stereocenters. The molecule has 0 radical (unpaired) electrons. The first kappa shape index (κ1) is 18.2. The number of phenols is 1. The van der Waals surface area contributed by atoms with Gasteiger partial charge < -0.3 is 9.84 Å². The second kappa shape index (κ2) is 6.60. The normalized spacial score (nSPS) is 28.1. The third-order valence-electron chi connectivity index (χ3n) is 5.67. The Morgan fingerprint density at radius 3 is 2.77 bits per heavy atom. The van der Waals surface area contributed by atoms with Crippen LogP contribution in [0.4, 0.5) is 0 Å². The Labute approximate surface area is 153 Å². The molecule has 136 valence electrons. The van der Waals surface area contributed by atoms with Gasteiger partial charge in [0.25, 0.3) is 0 Å². The van der Waals surface area contributed by atoms with Gasteiger partial charge >= 0.3 is 0 Å². The Balaban J connectivity index is 2.25. The average Bonchev–Trinajstić information content (AvgIpc) is 2.61. The number of rotatable bonds is 4. The van der Waals surface area contributed by atoms with Crippen molar-refractivity contribution >= 4 is 11.6 Å². The average molecular weight is 352 g/mol. The molecular weight excluding hydrogens is 328 g/mol. The lowest BCUT2D eigenvalue weighted by Crippen LogP contribution is -2.49. The summed E-state index contributed by atoms with van der Waals surface area (Å²) >= 11 is 0. The Bertz CT molecular complexity index is 846. The van der Waals surface area contributed by atoms with Crippen molar-refractivity contribution in [2.45, 2.75) is 33.1 Å². The fraction of sp³-hybridized carbons (Fsp3) is 0.364. The van der Waals surface area contributed by atoms with Crippen molar-refractivity contribution in [1.29, 1.82) is 0 Å². The number of ether oxygens (including phenoxy) is 1. The van der Waals surface area contributed by atoms with Gasteiger partial charge in [-0.1, -0.05) is 37.8 Å². The van der Waals surface area contributed by atoms with Crippen molar-refractivity contribution in [1.82, 2.24) is 0 Å². The summed E-state index contributed by atoms with van der Waals surface area (Å²) in [5.74, 6) is -0.598. The molecule has 2 aliphatic rings. The molecular formula is C22H24O4. The first-order valence-corrected chi connectivity index (χ1v) is 8.90. The molecule has 26 heavy (non-hydrogen) atoms. The third kappa shape index (κ3) is 2.52. The third-order valence-corrected chi connectivity index (χ3v) is 5.67. The Hall–Kier alpha value is -2.62. The number of carbonyl (C=O) groups excluding carboxylic acids is 2. The summed E-state index contributed by atoms with van der Waals surface area (Å²) in [6, 6.07) is 5.28. The monoisotopic (exact) mass is 352 g/mol. The number of fused-ring (bicyclic) bond motifs is 1. The number of allylic oxidation sites excluding steroid dienone is 5. The van der Waals surface area contributed by atoms with E-state index in [4.69, 9.17) is 4.74 Å². The van der Waals surface area contributed by atoms with Gasteiger partial charge in [0.2, 0.25) is 0 Å². The van der Waals surface area contributed by atoms with Crippen molar-refractivity contribution in [3.63, 3.8) is 0 Å². The standard InChI is InChI=1S/C22H24O4/c1-5-14-10-11-16-17(23)12-13(3)21(25)22(16,4)19(14)15-8-7-9-18(20(15)24)26-6-2/h5,7-10,12,16,19,24H,1,6,11H2,2-4H3/t16-,19+,22+/m0/s1. The quantitative estimate of drug-likeness (QED) is 0.886. The predicted molar refractivity (Wildman–Crippen MR) is 100 cm³/mol. The van der Waals surface area contributed by atoms with Crippen molar-refractivity contribution in [3.05, 3.63) is 59.7 Å². The highest BCUT2D eigenvalue weighted by atomic mass is 16.5. The van der Waals surface area contributed by atoms with Crippen molar-refractivity contribution in [2.75, 3.05) is 6.61 Å². The highest BCUT2D eigenvalue weighted by Crippen LogP contribution is 2.56. The Morgan fingerprint density at radius 2 is 2.12 bits per heavy atom. The van der Waals surface area contributed by atoms with Gasteiger partial charge in [-0.05, 0) is 43.6 Å². The van der Waals surface area contributed by atoms with Crippen LogP contribution in [-0.2, 0) is 9.59 Å². The van der Waals surface area contributed by atoms with Crippen molar-refractivity contribution < 1.29 is 19.4 Å². The van der Waals surface area contributed by atoms with Gasteiger partial charge in [0.05, 0.1) is 12.0 Å². The largest absolute Gasteiger partial charge is 0.504 e. The molecule has 1 aromatic rings. The highest BCUT2D eigenvalue weighted by molar-refractivity contribution is 6.13. The number of carbonyl (C=O) groups is 2. The zero-order chi connectivity index (χ0) is 19.1. The summed E-state index contributed by atoms with van der Waals surface area (Å²) in [4.78, 5) is 25.8. The molecule has 0 fully saturated rings. The van der Waals surface area contributed by atoms with Gasteiger partial charge in [0, 0.05) is 17.4 Å². The van der Waals surface area contributed by atoms with E-state index in [0.717, 1.165) is 5.57 Å². The zero-order valence-corrected chi connectivity index (χ0v) is 15.4. The van der Waals surface area contributed by atoms with Crippen LogP contribution in [0.25, 0.3) is 0 Å². The first-order chi connectivity index (χ1) is 12.4. The number of hydrogen-bond donors (Lipinski definition) is 1. The smallest absolute Gasteiger partial charge is 0.166 e. The maximum atomic E-state index is 13.2. The molecule has 1 aromatic carbocycles. The molecule has 0 aliphatic heterocycles. The number of ketones is 2. The maximum absolute atomic E-state index is 13.2. The Kier molecular flexibility index (Phi) is 4.61. The number of phenolic OH excluding ortho intramolecular Hbond substituents is 1. The van der Waals surface area contributed by atoms with E-state index in [1.54, 1.807) is 31.2 Å². The molecule has 0 bridgehead atoms. The van der Waals surface area contributed by atoms with Gasteiger partial charge in [-0.2, -0.15) is 0 Å². The van der Waals surface area contributed by atoms with Crippen LogP contribution >= 0.6 is 0 Å². The van der Waals surface area contributed by atoms with Crippen molar-refractivity contribution in [3.8, 4) is 11.5 Å². The number of benzene rings is 1. The fourth-order valence-corrected chi connectivity index (χ4v) is 4.42.